The summed E-state index contributed by atoms with van der Waals surface area (Å²) in [4.78, 5) is 6.63. The van der Waals surface area contributed by atoms with Crippen LogP contribution < -0.4 is 5.73 Å². The van der Waals surface area contributed by atoms with Crippen molar-refractivity contribution in [2.45, 2.75) is 26.3 Å². The average molecular weight is 221 g/mol. The summed E-state index contributed by atoms with van der Waals surface area (Å²) in [5, 5.41) is 0. The minimum atomic E-state index is 0.659. The Bertz CT molecular complexity index is 270. The fraction of sp³-hybridized carbons (Fsp3) is 0.615. The Morgan fingerprint density at radius 1 is 1.44 bits per heavy atom. The van der Waals surface area contributed by atoms with Crippen molar-refractivity contribution >= 4 is 0 Å². The Hall–Kier alpha value is -0.930. The van der Waals surface area contributed by atoms with Gasteiger partial charge in [-0.3, -0.25) is 4.98 Å². The molecule has 1 rings (SSSR count). The number of hydrogen-bond donors (Lipinski definition) is 1. The monoisotopic (exact) mass is 221 g/mol. The van der Waals surface area contributed by atoms with Gasteiger partial charge in [0.1, 0.15) is 0 Å². The topological polar surface area (TPSA) is 42.1 Å². The van der Waals surface area contributed by atoms with Crippen molar-refractivity contribution < 1.29 is 0 Å². The summed E-state index contributed by atoms with van der Waals surface area (Å²) in [6, 6.07) is 6.05. The largest absolute Gasteiger partial charge is 0.330 e. The summed E-state index contributed by atoms with van der Waals surface area (Å²) >= 11 is 0. The second-order valence-electron chi connectivity index (χ2n) is 4.36. The van der Waals surface area contributed by atoms with Crippen LogP contribution in [0.2, 0.25) is 0 Å². The lowest BCUT2D eigenvalue weighted by Crippen LogP contribution is -2.24. The molecule has 0 aliphatic heterocycles. The van der Waals surface area contributed by atoms with E-state index in [2.05, 4.69) is 29.9 Å². The molecule has 3 nitrogen and oxygen atoms in total. The molecule has 1 aromatic rings. The number of nitrogens with zero attached hydrogens (tertiary/aromatic N) is 2. The maximum Gasteiger partial charge on any atom is 0.0543 e. The van der Waals surface area contributed by atoms with Crippen molar-refractivity contribution in [3.63, 3.8) is 0 Å². The molecule has 0 aliphatic rings. The van der Waals surface area contributed by atoms with Gasteiger partial charge < -0.3 is 10.6 Å². The third-order valence-electron chi connectivity index (χ3n) is 2.99. The van der Waals surface area contributed by atoms with Crippen LogP contribution in [0.4, 0.5) is 0 Å². The van der Waals surface area contributed by atoms with E-state index in [0.29, 0.717) is 5.92 Å². The summed E-state index contributed by atoms with van der Waals surface area (Å²) in [5.41, 5.74) is 6.82. The molecule has 0 aromatic carbocycles. The van der Waals surface area contributed by atoms with Crippen molar-refractivity contribution in [1.82, 2.24) is 9.88 Å². The van der Waals surface area contributed by atoms with E-state index >= 15 is 0 Å². The van der Waals surface area contributed by atoms with Crippen molar-refractivity contribution in [2.24, 2.45) is 11.7 Å². The molecule has 0 spiro atoms. The van der Waals surface area contributed by atoms with Gasteiger partial charge in [-0.1, -0.05) is 19.4 Å². The lowest BCUT2D eigenvalue weighted by molar-refractivity contribution is 0.289. The number of hydrogen-bond acceptors (Lipinski definition) is 3. The van der Waals surface area contributed by atoms with Crippen LogP contribution in [0.5, 0.6) is 0 Å². The Labute approximate surface area is 98.7 Å². The van der Waals surface area contributed by atoms with Crippen LogP contribution in [0.25, 0.3) is 0 Å². The zero-order valence-electron chi connectivity index (χ0n) is 10.4. The second kappa shape index (κ2) is 7.36. The van der Waals surface area contributed by atoms with Crippen molar-refractivity contribution in [3.8, 4) is 0 Å². The molecule has 0 saturated carbocycles. The number of rotatable bonds is 7. The number of nitrogens with two attached hydrogens (primary N) is 1. The van der Waals surface area contributed by atoms with Gasteiger partial charge in [0, 0.05) is 12.7 Å². The van der Waals surface area contributed by atoms with Gasteiger partial charge in [0.15, 0.2) is 0 Å². The van der Waals surface area contributed by atoms with Crippen LogP contribution >= 0.6 is 0 Å². The summed E-state index contributed by atoms with van der Waals surface area (Å²) in [6.45, 7) is 5.01. The molecule has 0 radical (unpaired) electrons. The van der Waals surface area contributed by atoms with E-state index in [1.165, 1.54) is 12.8 Å². The van der Waals surface area contributed by atoms with Crippen LogP contribution in [-0.4, -0.2) is 30.0 Å². The van der Waals surface area contributed by atoms with E-state index < -0.39 is 0 Å². The molecule has 1 unspecified atom stereocenters. The molecule has 2 N–H and O–H groups in total. The molecule has 1 aromatic heterocycles. The molecular weight excluding hydrogens is 198 g/mol. The van der Waals surface area contributed by atoms with Gasteiger partial charge in [-0.25, -0.2) is 0 Å². The summed E-state index contributed by atoms with van der Waals surface area (Å²) in [7, 11) is 2.14. The van der Waals surface area contributed by atoms with Gasteiger partial charge in [0.25, 0.3) is 0 Å². The fourth-order valence-electron chi connectivity index (χ4n) is 1.74. The Morgan fingerprint density at radius 3 is 2.81 bits per heavy atom. The smallest absolute Gasteiger partial charge is 0.0543 e. The van der Waals surface area contributed by atoms with Crippen molar-refractivity contribution in [1.29, 1.82) is 0 Å². The highest BCUT2D eigenvalue weighted by molar-refractivity contribution is 5.02. The Kier molecular flexibility index (Phi) is 6.04. The summed E-state index contributed by atoms with van der Waals surface area (Å²) in [5.74, 6) is 0.659. The molecule has 16 heavy (non-hydrogen) atoms. The van der Waals surface area contributed by atoms with Crippen molar-refractivity contribution in [3.05, 3.63) is 30.1 Å². The normalized spacial score (nSPS) is 13.0. The maximum atomic E-state index is 5.69. The molecule has 0 aliphatic carbocycles. The number of aromatic nitrogens is 1. The first-order valence-electron chi connectivity index (χ1n) is 6.04. The van der Waals surface area contributed by atoms with Crippen LogP contribution in [0, 0.1) is 5.92 Å². The molecule has 90 valence electrons. The van der Waals surface area contributed by atoms with E-state index in [1.54, 1.807) is 0 Å². The highest BCUT2D eigenvalue weighted by atomic mass is 15.1. The van der Waals surface area contributed by atoms with Gasteiger partial charge in [-0.15, -0.1) is 0 Å². The highest BCUT2D eigenvalue weighted by Gasteiger charge is 2.06. The SMILES string of the molecule is CCC(CN)CCN(C)Cc1ccccn1. The van der Waals surface area contributed by atoms with Crippen LogP contribution in [0.1, 0.15) is 25.5 Å². The van der Waals surface area contributed by atoms with E-state index in [1.807, 2.05) is 18.3 Å². The summed E-state index contributed by atoms with van der Waals surface area (Å²) < 4.78 is 0. The maximum absolute atomic E-state index is 5.69. The first-order chi connectivity index (χ1) is 7.76. The van der Waals surface area contributed by atoms with Gasteiger partial charge in [0.05, 0.1) is 5.69 Å². The van der Waals surface area contributed by atoms with Crippen molar-refractivity contribution in [2.75, 3.05) is 20.1 Å². The lowest BCUT2D eigenvalue weighted by Gasteiger charge is -2.19. The molecule has 0 saturated heterocycles. The molecule has 0 amide bonds. The van der Waals surface area contributed by atoms with Crippen LogP contribution in [-0.2, 0) is 6.54 Å². The predicted octanol–water partition coefficient (Wildman–Crippen LogP) is 1.89. The van der Waals surface area contributed by atoms with Gasteiger partial charge in [0.2, 0.25) is 0 Å². The Balaban J connectivity index is 2.28. The molecular formula is C13H23N3. The molecule has 1 heterocycles. The van der Waals surface area contributed by atoms with E-state index in [0.717, 1.165) is 25.3 Å². The molecule has 3 heteroatoms. The second-order valence-corrected chi connectivity index (χ2v) is 4.36. The van der Waals surface area contributed by atoms with E-state index in [4.69, 9.17) is 5.73 Å². The average Bonchev–Trinajstić information content (AvgIpc) is 2.31. The first-order valence-corrected chi connectivity index (χ1v) is 6.04. The van der Waals surface area contributed by atoms with Gasteiger partial charge in [-0.2, -0.15) is 0 Å². The fourth-order valence-corrected chi connectivity index (χ4v) is 1.74. The highest BCUT2D eigenvalue weighted by Crippen LogP contribution is 2.08. The minimum absolute atomic E-state index is 0.659. The third kappa shape index (κ3) is 4.73. The lowest BCUT2D eigenvalue weighted by atomic mass is 10.0. The van der Waals surface area contributed by atoms with Gasteiger partial charge in [-0.05, 0) is 44.6 Å². The van der Waals surface area contributed by atoms with Crippen LogP contribution in [0.15, 0.2) is 24.4 Å². The molecule has 0 bridgehead atoms. The zero-order chi connectivity index (χ0) is 11.8. The predicted molar refractivity (Wildman–Crippen MR) is 68.0 cm³/mol. The van der Waals surface area contributed by atoms with Gasteiger partial charge >= 0.3 is 0 Å². The third-order valence-corrected chi connectivity index (χ3v) is 2.99. The first kappa shape index (κ1) is 13.1. The zero-order valence-corrected chi connectivity index (χ0v) is 10.4. The standard InChI is InChI=1S/C13H23N3/c1-3-12(10-14)7-9-16(2)11-13-6-4-5-8-15-13/h4-6,8,12H,3,7,9-11,14H2,1-2H3. The quantitative estimate of drug-likeness (QED) is 0.764. The van der Waals surface area contributed by atoms with E-state index in [-0.39, 0.29) is 0 Å². The van der Waals surface area contributed by atoms with E-state index in [9.17, 15) is 0 Å². The van der Waals surface area contributed by atoms with Crippen LogP contribution in [0.3, 0.4) is 0 Å². The molecule has 1 atom stereocenters. The Morgan fingerprint density at radius 2 is 2.25 bits per heavy atom. The minimum Gasteiger partial charge on any atom is -0.330 e. The molecule has 0 fully saturated rings. The number of pyridine rings is 1. The summed E-state index contributed by atoms with van der Waals surface area (Å²) in [6.07, 6.45) is 4.20.